The highest BCUT2D eigenvalue weighted by Crippen LogP contribution is 2.04. The average Bonchev–Trinajstić information content (AvgIpc) is 2.33. The van der Waals surface area contributed by atoms with E-state index in [0.717, 1.165) is 30.3 Å². The molecule has 0 saturated heterocycles. The monoisotopic (exact) mass is 240 g/mol. The normalized spacial score (nSPS) is 10.7. The van der Waals surface area contributed by atoms with E-state index < -0.39 is 11.2 Å². The number of aromatic nitrogens is 2. The van der Waals surface area contributed by atoms with Crippen molar-refractivity contribution in [3.8, 4) is 0 Å². The van der Waals surface area contributed by atoms with Gasteiger partial charge in [-0.25, -0.2) is 4.79 Å². The maximum atomic E-state index is 11.8. The van der Waals surface area contributed by atoms with Crippen LogP contribution in [0.25, 0.3) is 0 Å². The molecular formula is C11H20N4O2. The molecule has 0 radical (unpaired) electrons. The van der Waals surface area contributed by atoms with Gasteiger partial charge in [0.15, 0.2) is 0 Å². The van der Waals surface area contributed by atoms with Crippen molar-refractivity contribution >= 4 is 11.5 Å². The molecule has 1 aromatic rings. The second kappa shape index (κ2) is 5.56. The highest BCUT2D eigenvalue weighted by molar-refractivity contribution is 5.56. The van der Waals surface area contributed by atoms with Gasteiger partial charge in [0.25, 0.3) is 5.56 Å². The molecule has 0 saturated carbocycles. The minimum atomic E-state index is -0.484. The molecule has 96 valence electrons. The van der Waals surface area contributed by atoms with E-state index in [0.29, 0.717) is 6.54 Å². The van der Waals surface area contributed by atoms with E-state index in [4.69, 9.17) is 11.5 Å². The van der Waals surface area contributed by atoms with Gasteiger partial charge in [-0.15, -0.1) is 0 Å². The molecule has 17 heavy (non-hydrogen) atoms. The lowest BCUT2D eigenvalue weighted by Gasteiger charge is -2.11. The summed E-state index contributed by atoms with van der Waals surface area (Å²) in [6.07, 6.45) is 4.00. The summed E-state index contributed by atoms with van der Waals surface area (Å²) in [7, 11) is 1.51. The molecule has 0 aliphatic rings. The molecule has 0 aliphatic heterocycles. The van der Waals surface area contributed by atoms with E-state index >= 15 is 0 Å². The van der Waals surface area contributed by atoms with Crippen molar-refractivity contribution in [2.24, 2.45) is 7.05 Å². The van der Waals surface area contributed by atoms with Gasteiger partial charge in [0, 0.05) is 13.6 Å². The Labute approximate surface area is 99.8 Å². The van der Waals surface area contributed by atoms with E-state index in [-0.39, 0.29) is 11.5 Å². The first kappa shape index (κ1) is 13.3. The fraction of sp³-hybridized carbons (Fsp3) is 0.636. The zero-order chi connectivity index (χ0) is 13.0. The smallest absolute Gasteiger partial charge is 0.332 e. The number of hydrogen-bond acceptors (Lipinski definition) is 4. The van der Waals surface area contributed by atoms with Crippen molar-refractivity contribution in [1.82, 2.24) is 9.13 Å². The Balaban J connectivity index is 3.01. The molecule has 6 heteroatoms. The first-order valence-corrected chi connectivity index (χ1v) is 5.85. The van der Waals surface area contributed by atoms with Crippen LogP contribution in [-0.4, -0.2) is 9.13 Å². The second-order valence-corrected chi connectivity index (χ2v) is 4.16. The van der Waals surface area contributed by atoms with E-state index in [9.17, 15) is 9.59 Å². The molecule has 0 amide bonds. The highest BCUT2D eigenvalue weighted by Gasteiger charge is 2.11. The number of rotatable bonds is 5. The molecule has 0 fully saturated rings. The summed E-state index contributed by atoms with van der Waals surface area (Å²) >= 11 is 0. The number of nitrogen functional groups attached to an aromatic ring is 2. The Bertz CT molecular complexity index is 464. The predicted octanol–water partition coefficient (Wildman–Crippen LogP) is 0.292. The quantitative estimate of drug-likeness (QED) is 0.723. The van der Waals surface area contributed by atoms with E-state index in [2.05, 4.69) is 6.92 Å². The molecule has 0 atom stereocenters. The summed E-state index contributed by atoms with van der Waals surface area (Å²) < 4.78 is 2.36. The Morgan fingerprint density at radius 1 is 1.12 bits per heavy atom. The van der Waals surface area contributed by atoms with E-state index in [1.54, 1.807) is 0 Å². The van der Waals surface area contributed by atoms with E-state index in [1.807, 2.05) is 0 Å². The van der Waals surface area contributed by atoms with Crippen molar-refractivity contribution in [2.75, 3.05) is 11.5 Å². The molecule has 0 aromatic carbocycles. The lowest BCUT2D eigenvalue weighted by molar-refractivity contribution is 0.536. The zero-order valence-electron chi connectivity index (χ0n) is 10.4. The fourth-order valence-electron chi connectivity index (χ4n) is 1.70. The number of anilines is 2. The topological polar surface area (TPSA) is 96.0 Å². The van der Waals surface area contributed by atoms with Crippen LogP contribution in [0.2, 0.25) is 0 Å². The Morgan fingerprint density at radius 2 is 1.76 bits per heavy atom. The van der Waals surface area contributed by atoms with Crippen LogP contribution < -0.4 is 22.7 Å². The van der Waals surface area contributed by atoms with Crippen LogP contribution in [0.15, 0.2) is 9.59 Å². The van der Waals surface area contributed by atoms with Gasteiger partial charge in [0.05, 0.1) is 0 Å². The number of nitrogens with zero attached hydrogens (tertiary/aromatic N) is 2. The van der Waals surface area contributed by atoms with E-state index in [1.165, 1.54) is 11.6 Å². The van der Waals surface area contributed by atoms with Crippen LogP contribution >= 0.6 is 0 Å². The van der Waals surface area contributed by atoms with Gasteiger partial charge in [-0.3, -0.25) is 13.9 Å². The van der Waals surface area contributed by atoms with Crippen molar-refractivity contribution in [2.45, 2.75) is 39.2 Å². The Kier molecular flexibility index (Phi) is 4.37. The summed E-state index contributed by atoms with van der Waals surface area (Å²) in [5.74, 6) is 0.0322. The van der Waals surface area contributed by atoms with Crippen molar-refractivity contribution in [1.29, 1.82) is 0 Å². The van der Waals surface area contributed by atoms with Gasteiger partial charge in [-0.2, -0.15) is 0 Å². The van der Waals surface area contributed by atoms with Crippen LogP contribution in [0, 0.1) is 0 Å². The highest BCUT2D eigenvalue weighted by atomic mass is 16.2. The number of unbranched alkanes of at least 4 members (excludes halogenated alkanes) is 3. The molecule has 0 bridgehead atoms. The molecule has 0 unspecified atom stereocenters. The zero-order valence-corrected chi connectivity index (χ0v) is 10.4. The van der Waals surface area contributed by atoms with Gasteiger partial charge in [-0.1, -0.05) is 26.2 Å². The summed E-state index contributed by atoms with van der Waals surface area (Å²) in [6, 6.07) is 0. The fourth-order valence-corrected chi connectivity index (χ4v) is 1.70. The molecule has 1 heterocycles. The third-order valence-corrected chi connectivity index (χ3v) is 2.87. The predicted molar refractivity (Wildman–Crippen MR) is 68.9 cm³/mol. The third kappa shape index (κ3) is 2.69. The minimum Gasteiger partial charge on any atom is -0.391 e. The Hall–Kier alpha value is -1.72. The summed E-state index contributed by atoms with van der Waals surface area (Å²) in [6.45, 7) is 2.50. The van der Waals surface area contributed by atoms with Crippen LogP contribution in [0.5, 0.6) is 0 Å². The van der Waals surface area contributed by atoms with Crippen LogP contribution in [0.1, 0.15) is 32.6 Å². The average molecular weight is 240 g/mol. The summed E-state index contributed by atoms with van der Waals surface area (Å²) in [5.41, 5.74) is 10.2. The van der Waals surface area contributed by atoms with Crippen molar-refractivity contribution < 1.29 is 0 Å². The molecule has 4 N–H and O–H groups in total. The largest absolute Gasteiger partial charge is 0.391 e. The molecule has 6 nitrogen and oxygen atoms in total. The number of nitrogens with two attached hydrogens (primary N) is 2. The maximum absolute atomic E-state index is 11.8. The van der Waals surface area contributed by atoms with Gasteiger partial charge in [-0.05, 0) is 6.42 Å². The second-order valence-electron chi connectivity index (χ2n) is 4.16. The van der Waals surface area contributed by atoms with Crippen molar-refractivity contribution in [3.05, 3.63) is 20.8 Å². The Morgan fingerprint density at radius 3 is 2.35 bits per heavy atom. The van der Waals surface area contributed by atoms with Gasteiger partial charge < -0.3 is 11.5 Å². The molecular weight excluding hydrogens is 220 g/mol. The van der Waals surface area contributed by atoms with Crippen LogP contribution in [0.3, 0.4) is 0 Å². The van der Waals surface area contributed by atoms with Crippen LogP contribution in [0.4, 0.5) is 11.5 Å². The first-order valence-electron chi connectivity index (χ1n) is 5.85. The van der Waals surface area contributed by atoms with Gasteiger partial charge in [0.1, 0.15) is 11.5 Å². The molecule has 0 aliphatic carbocycles. The molecule has 1 aromatic heterocycles. The van der Waals surface area contributed by atoms with Gasteiger partial charge in [0.2, 0.25) is 0 Å². The lowest BCUT2D eigenvalue weighted by atomic mass is 10.2. The minimum absolute atomic E-state index is 0.0322. The van der Waals surface area contributed by atoms with Gasteiger partial charge >= 0.3 is 5.69 Å². The first-order chi connectivity index (χ1) is 8.00. The van der Waals surface area contributed by atoms with Crippen molar-refractivity contribution in [3.63, 3.8) is 0 Å². The summed E-state index contributed by atoms with van der Waals surface area (Å²) in [4.78, 5) is 23.6. The maximum Gasteiger partial charge on any atom is 0.332 e. The van der Waals surface area contributed by atoms with Crippen LogP contribution in [-0.2, 0) is 13.6 Å². The standard InChI is InChI=1S/C11H20N4O2/c1-3-4-5-6-7-15-10(16)8(12)9(13)14(2)11(15)17/h3-7,12-13H2,1-2H3. The lowest BCUT2D eigenvalue weighted by Crippen LogP contribution is -2.41. The molecule has 1 rings (SSSR count). The third-order valence-electron chi connectivity index (χ3n) is 2.87. The number of hydrogen-bond donors (Lipinski definition) is 2. The summed E-state index contributed by atoms with van der Waals surface area (Å²) in [5, 5.41) is 0. The SMILES string of the molecule is CCCCCCn1c(=O)c(N)c(N)n(C)c1=O. The molecule has 0 spiro atoms.